The van der Waals surface area contributed by atoms with Crippen LogP contribution in [0.4, 0.5) is 5.82 Å². The minimum atomic E-state index is -0.259. The van der Waals surface area contributed by atoms with Crippen molar-refractivity contribution in [1.29, 1.82) is 0 Å². The van der Waals surface area contributed by atoms with Crippen LogP contribution < -0.4 is 11.1 Å². The minimum absolute atomic E-state index is 0.168. The lowest BCUT2D eigenvalue weighted by atomic mass is 10.1. The highest BCUT2D eigenvalue weighted by Gasteiger charge is 2.24. The number of anilines is 1. The molecule has 0 saturated carbocycles. The Bertz CT molecular complexity index is 1240. The molecule has 0 atom stereocenters. The van der Waals surface area contributed by atoms with E-state index in [1.54, 1.807) is 0 Å². The molecule has 4 aromatic rings. The lowest BCUT2D eigenvalue weighted by molar-refractivity contribution is 0.0757. The van der Waals surface area contributed by atoms with Gasteiger partial charge in [-0.3, -0.25) is 9.36 Å². The van der Waals surface area contributed by atoms with Gasteiger partial charge in [-0.25, -0.2) is 9.97 Å². The Morgan fingerprint density at radius 2 is 1.78 bits per heavy atom. The number of nitrogens with zero attached hydrogens (tertiary/aromatic N) is 3. The number of nitrogens with one attached hydrogen (secondary N) is 1. The Morgan fingerprint density at radius 1 is 1.09 bits per heavy atom. The van der Waals surface area contributed by atoms with Gasteiger partial charge in [0.2, 0.25) is 0 Å². The lowest BCUT2D eigenvalue weighted by Gasteiger charge is -2.09. The van der Waals surface area contributed by atoms with Gasteiger partial charge in [-0.2, -0.15) is 0 Å². The quantitative estimate of drug-likeness (QED) is 0.407. The van der Waals surface area contributed by atoms with E-state index in [4.69, 9.17) is 20.4 Å². The molecule has 2 aromatic carbocycles. The summed E-state index contributed by atoms with van der Waals surface area (Å²) < 4.78 is 7.36. The fraction of sp³-hybridized carbons (Fsp3) is 0.320. The molecule has 0 aliphatic carbocycles. The number of rotatable bonds is 8. The van der Waals surface area contributed by atoms with Crippen LogP contribution in [-0.4, -0.2) is 39.7 Å². The smallest absolute Gasteiger partial charge is 0.257 e. The van der Waals surface area contributed by atoms with E-state index >= 15 is 0 Å². The highest BCUT2D eigenvalue weighted by atomic mass is 16.5. The second kappa shape index (κ2) is 9.36. The highest BCUT2D eigenvalue weighted by molar-refractivity contribution is 6.11. The minimum Gasteiger partial charge on any atom is -0.384 e. The van der Waals surface area contributed by atoms with Gasteiger partial charge in [0.25, 0.3) is 5.91 Å². The zero-order valence-corrected chi connectivity index (χ0v) is 18.8. The number of hydrogen-bond donors (Lipinski definition) is 2. The molecule has 7 heteroatoms. The first kappa shape index (κ1) is 21.8. The van der Waals surface area contributed by atoms with Gasteiger partial charge in [0.15, 0.2) is 5.65 Å². The molecular weight excluding hydrogens is 402 g/mol. The summed E-state index contributed by atoms with van der Waals surface area (Å²) in [6.07, 6.45) is 1.83. The third kappa shape index (κ3) is 4.29. The Labute approximate surface area is 187 Å². The molecule has 3 N–H and O–H groups in total. The summed E-state index contributed by atoms with van der Waals surface area (Å²) in [5.41, 5.74) is 11.5. The molecule has 0 saturated heterocycles. The van der Waals surface area contributed by atoms with Crippen LogP contribution in [0.1, 0.15) is 43.1 Å². The Balaban J connectivity index is 1.76. The first-order valence-corrected chi connectivity index (χ1v) is 11.1. The summed E-state index contributed by atoms with van der Waals surface area (Å²) in [5.74, 6) is 0.0704. The molecule has 0 aliphatic rings. The first-order valence-electron chi connectivity index (χ1n) is 11.1. The van der Waals surface area contributed by atoms with Gasteiger partial charge in [-0.05, 0) is 56.5 Å². The van der Waals surface area contributed by atoms with Crippen LogP contribution in [0.15, 0.2) is 48.5 Å². The van der Waals surface area contributed by atoms with Crippen LogP contribution in [-0.2, 0) is 11.2 Å². The van der Waals surface area contributed by atoms with E-state index in [1.807, 2.05) is 54.8 Å². The standard InChI is InChI=1S/C25H29N5O2/c1-4-17-10-12-18(13-11-17)30-23(26)21(25(31)27-14-7-15-32-16(2)3)22-24(30)29-20-9-6-5-8-19(20)28-22/h5-6,8-13,16H,4,7,14-15,26H2,1-3H3,(H,27,31). The maximum Gasteiger partial charge on any atom is 0.257 e. The van der Waals surface area contributed by atoms with Crippen LogP contribution in [0.5, 0.6) is 0 Å². The molecule has 32 heavy (non-hydrogen) atoms. The molecule has 0 fully saturated rings. The third-order valence-corrected chi connectivity index (χ3v) is 5.39. The van der Waals surface area contributed by atoms with Crippen LogP contribution >= 0.6 is 0 Å². The molecule has 166 valence electrons. The number of ether oxygens (including phenoxy) is 1. The van der Waals surface area contributed by atoms with Crippen molar-refractivity contribution >= 4 is 33.9 Å². The van der Waals surface area contributed by atoms with Gasteiger partial charge in [0, 0.05) is 18.8 Å². The molecule has 4 rings (SSSR count). The molecule has 7 nitrogen and oxygen atoms in total. The number of nitrogen functional groups attached to an aromatic ring is 1. The molecule has 0 aliphatic heterocycles. The van der Waals surface area contributed by atoms with Crippen molar-refractivity contribution in [3.05, 3.63) is 59.7 Å². The zero-order valence-electron chi connectivity index (χ0n) is 18.8. The number of amides is 1. The first-order chi connectivity index (χ1) is 15.5. The van der Waals surface area contributed by atoms with Crippen molar-refractivity contribution in [2.45, 2.75) is 39.7 Å². The highest BCUT2D eigenvalue weighted by Crippen LogP contribution is 2.31. The monoisotopic (exact) mass is 431 g/mol. The Hall–Kier alpha value is -3.45. The number of benzene rings is 2. The van der Waals surface area contributed by atoms with Gasteiger partial charge in [0.05, 0.1) is 17.1 Å². The zero-order chi connectivity index (χ0) is 22.7. The van der Waals surface area contributed by atoms with E-state index in [9.17, 15) is 4.79 Å². The number of aromatic nitrogens is 3. The van der Waals surface area contributed by atoms with Crippen molar-refractivity contribution in [1.82, 2.24) is 19.9 Å². The summed E-state index contributed by atoms with van der Waals surface area (Å²) in [5, 5.41) is 2.96. The molecule has 0 radical (unpaired) electrons. The predicted molar refractivity (Wildman–Crippen MR) is 128 cm³/mol. The van der Waals surface area contributed by atoms with E-state index in [2.05, 4.69) is 24.4 Å². The Morgan fingerprint density at radius 3 is 2.44 bits per heavy atom. The summed E-state index contributed by atoms with van der Waals surface area (Å²) in [4.78, 5) is 22.7. The SMILES string of the molecule is CCc1ccc(-n2c(N)c(C(=O)NCCCOC(C)C)c3nc4ccccc4nc32)cc1. The number of carbonyl (C=O) groups is 1. The van der Waals surface area contributed by atoms with Crippen LogP contribution in [0.2, 0.25) is 0 Å². The number of fused-ring (bicyclic) bond motifs is 2. The third-order valence-electron chi connectivity index (χ3n) is 5.39. The van der Waals surface area contributed by atoms with Gasteiger partial charge in [0.1, 0.15) is 16.9 Å². The summed E-state index contributed by atoms with van der Waals surface area (Å²) in [7, 11) is 0. The predicted octanol–water partition coefficient (Wildman–Crippen LogP) is 4.26. The largest absolute Gasteiger partial charge is 0.384 e. The molecular formula is C25H29N5O2. The van der Waals surface area contributed by atoms with Gasteiger partial charge in [-0.15, -0.1) is 0 Å². The molecule has 2 aromatic heterocycles. The van der Waals surface area contributed by atoms with E-state index in [0.717, 1.165) is 29.6 Å². The number of hydrogen-bond acceptors (Lipinski definition) is 5. The molecule has 0 unspecified atom stereocenters. The Kier molecular flexibility index (Phi) is 6.37. The van der Waals surface area contributed by atoms with Gasteiger partial charge < -0.3 is 15.8 Å². The molecule has 1 amide bonds. The topological polar surface area (TPSA) is 95.1 Å². The molecule has 2 heterocycles. The number of carbonyl (C=O) groups excluding carboxylic acids is 1. The number of para-hydroxylation sites is 2. The summed E-state index contributed by atoms with van der Waals surface area (Å²) >= 11 is 0. The van der Waals surface area contributed by atoms with E-state index < -0.39 is 0 Å². The molecule has 0 bridgehead atoms. The average molecular weight is 432 g/mol. The second-order valence-corrected chi connectivity index (χ2v) is 8.03. The number of aryl methyl sites for hydroxylation is 1. The maximum atomic E-state index is 13.1. The summed E-state index contributed by atoms with van der Waals surface area (Å²) in [6, 6.07) is 15.7. The van der Waals surface area contributed by atoms with Crippen molar-refractivity contribution in [3.63, 3.8) is 0 Å². The van der Waals surface area contributed by atoms with Crippen molar-refractivity contribution < 1.29 is 9.53 Å². The normalized spacial score (nSPS) is 11.5. The fourth-order valence-corrected chi connectivity index (χ4v) is 3.71. The van der Waals surface area contributed by atoms with Crippen molar-refractivity contribution in [2.75, 3.05) is 18.9 Å². The molecule has 0 spiro atoms. The fourth-order valence-electron chi connectivity index (χ4n) is 3.71. The van der Waals surface area contributed by atoms with Crippen molar-refractivity contribution in [2.24, 2.45) is 0 Å². The summed E-state index contributed by atoms with van der Waals surface area (Å²) in [6.45, 7) is 7.17. The maximum absolute atomic E-state index is 13.1. The second-order valence-electron chi connectivity index (χ2n) is 8.03. The average Bonchev–Trinajstić information content (AvgIpc) is 3.07. The van der Waals surface area contributed by atoms with Crippen LogP contribution in [0.25, 0.3) is 27.9 Å². The van der Waals surface area contributed by atoms with E-state index in [1.165, 1.54) is 5.56 Å². The van der Waals surface area contributed by atoms with Gasteiger partial charge in [-0.1, -0.05) is 31.2 Å². The van der Waals surface area contributed by atoms with E-state index in [-0.39, 0.29) is 12.0 Å². The number of nitrogens with two attached hydrogens (primary N) is 1. The van der Waals surface area contributed by atoms with Gasteiger partial charge >= 0.3 is 0 Å². The van der Waals surface area contributed by atoms with E-state index in [0.29, 0.717) is 35.7 Å². The van der Waals surface area contributed by atoms with Crippen LogP contribution in [0.3, 0.4) is 0 Å². The van der Waals surface area contributed by atoms with Crippen LogP contribution in [0, 0.1) is 0 Å². The lowest BCUT2D eigenvalue weighted by Crippen LogP contribution is -2.26. The van der Waals surface area contributed by atoms with Crippen molar-refractivity contribution in [3.8, 4) is 5.69 Å².